The summed E-state index contributed by atoms with van der Waals surface area (Å²) in [7, 11) is 0. The summed E-state index contributed by atoms with van der Waals surface area (Å²) in [4.78, 5) is 40.2. The Balaban J connectivity index is 1.30. The first-order chi connectivity index (χ1) is 17.9. The maximum absolute atomic E-state index is 13.9. The highest BCUT2D eigenvalue weighted by molar-refractivity contribution is 5.99. The molecular weight excluding hydrogens is 462 g/mol. The van der Waals surface area contributed by atoms with Crippen LogP contribution in [0.3, 0.4) is 0 Å². The zero-order valence-electron chi connectivity index (χ0n) is 21.4. The molecule has 6 nitrogen and oxygen atoms in total. The number of hydrogen-bond acceptors (Lipinski definition) is 4. The number of quaternary nitrogens is 1. The van der Waals surface area contributed by atoms with Crippen LogP contribution < -0.4 is 10.2 Å². The number of carbonyl (C=O) groups is 3. The van der Waals surface area contributed by atoms with Gasteiger partial charge in [-0.3, -0.25) is 14.4 Å². The van der Waals surface area contributed by atoms with Gasteiger partial charge in [0.25, 0.3) is 0 Å². The van der Waals surface area contributed by atoms with Gasteiger partial charge in [0.1, 0.15) is 25.4 Å². The van der Waals surface area contributed by atoms with E-state index in [-0.39, 0.29) is 29.1 Å². The smallest absolute Gasteiger partial charge is 0.223 e. The molecule has 1 N–H and O–H groups in total. The monoisotopic (exact) mass is 494 g/mol. The number of para-hydroxylation sites is 1. The minimum Gasteiger partial charge on any atom is -0.357 e. The normalized spacial score (nSPS) is 31.6. The number of amides is 1. The van der Waals surface area contributed by atoms with E-state index < -0.39 is 0 Å². The van der Waals surface area contributed by atoms with Crippen LogP contribution in [0.2, 0.25) is 0 Å². The lowest BCUT2D eigenvalue weighted by Crippen LogP contribution is -2.64. The number of hydrogen-bond donors (Lipinski definition) is 1. The summed E-state index contributed by atoms with van der Waals surface area (Å²) in [6, 6.07) is 14.6. The van der Waals surface area contributed by atoms with E-state index in [0.717, 1.165) is 76.9 Å². The van der Waals surface area contributed by atoms with Gasteiger partial charge in [0, 0.05) is 60.4 Å². The SMILES string of the molecule is C/C=C1/C[N+]2(CC(=O)c3ccc4c(c3)CCN4C(C)=O)CC[C@]34C(=C(C=O)[C@H]1C[C@@H]32)Nc1ccccc14. The molecule has 6 heteroatoms. The lowest BCUT2D eigenvalue weighted by Gasteiger charge is -2.53. The average Bonchev–Trinajstić information content (AvgIpc) is 3.58. The molecule has 188 valence electrons. The number of Topliss-reactive ketones (excluding diaryl/α,β-unsaturated/α-hetero) is 1. The van der Waals surface area contributed by atoms with Crippen molar-refractivity contribution in [1.29, 1.82) is 0 Å². The van der Waals surface area contributed by atoms with Crippen LogP contribution in [-0.2, 0) is 21.4 Å². The third-order valence-electron chi connectivity index (χ3n) is 10.00. The Bertz CT molecular complexity index is 1460. The van der Waals surface area contributed by atoms with Gasteiger partial charge in [0.2, 0.25) is 11.7 Å². The summed E-state index contributed by atoms with van der Waals surface area (Å²) in [5, 5.41) is 3.67. The number of benzene rings is 2. The van der Waals surface area contributed by atoms with Gasteiger partial charge in [-0.2, -0.15) is 0 Å². The summed E-state index contributed by atoms with van der Waals surface area (Å²) < 4.78 is 0.747. The van der Waals surface area contributed by atoms with E-state index in [4.69, 9.17) is 0 Å². The molecule has 2 bridgehead atoms. The van der Waals surface area contributed by atoms with Crippen LogP contribution in [-0.4, -0.2) is 54.7 Å². The molecule has 1 unspecified atom stereocenters. The molecule has 4 atom stereocenters. The fourth-order valence-electron chi connectivity index (χ4n) is 8.41. The maximum Gasteiger partial charge on any atom is 0.223 e. The lowest BCUT2D eigenvalue weighted by molar-refractivity contribution is -0.934. The minimum absolute atomic E-state index is 0.0431. The predicted octanol–water partition coefficient (Wildman–Crippen LogP) is 4.16. The molecule has 5 aliphatic rings. The first-order valence-corrected chi connectivity index (χ1v) is 13.4. The van der Waals surface area contributed by atoms with Crippen molar-refractivity contribution < 1.29 is 18.9 Å². The first-order valence-electron chi connectivity index (χ1n) is 13.4. The van der Waals surface area contributed by atoms with E-state index in [2.05, 4.69) is 36.5 Å². The average molecular weight is 495 g/mol. The Hall–Kier alpha value is -3.51. The zero-order valence-corrected chi connectivity index (χ0v) is 21.4. The molecular formula is C31H32N3O3+. The molecule has 2 saturated heterocycles. The summed E-state index contributed by atoms with van der Waals surface area (Å²) in [5.74, 6) is 0.331. The van der Waals surface area contributed by atoms with Crippen molar-refractivity contribution in [2.75, 3.05) is 36.4 Å². The fourth-order valence-corrected chi connectivity index (χ4v) is 8.41. The zero-order chi connectivity index (χ0) is 25.5. The van der Waals surface area contributed by atoms with Crippen molar-refractivity contribution in [3.8, 4) is 0 Å². The number of allylic oxidation sites excluding steroid dienone is 2. The van der Waals surface area contributed by atoms with Crippen molar-refractivity contribution >= 4 is 29.4 Å². The fraction of sp³-hybridized carbons (Fsp3) is 0.387. The number of anilines is 2. The van der Waals surface area contributed by atoms with Crippen LogP contribution in [0.1, 0.15) is 48.2 Å². The van der Waals surface area contributed by atoms with Crippen molar-refractivity contribution in [3.63, 3.8) is 0 Å². The summed E-state index contributed by atoms with van der Waals surface area (Å²) in [5.41, 5.74) is 8.17. The number of rotatable bonds is 4. The highest BCUT2D eigenvalue weighted by atomic mass is 16.2. The number of carbonyl (C=O) groups excluding carboxylic acids is 3. The third-order valence-corrected chi connectivity index (χ3v) is 10.00. The van der Waals surface area contributed by atoms with E-state index in [1.54, 1.807) is 11.8 Å². The second kappa shape index (κ2) is 7.75. The quantitative estimate of drug-likeness (QED) is 0.300. The largest absolute Gasteiger partial charge is 0.357 e. The van der Waals surface area contributed by atoms with Crippen LogP contribution in [0.15, 0.2) is 65.4 Å². The number of nitrogens with one attached hydrogen (secondary N) is 1. The second-order valence-electron chi connectivity index (χ2n) is 11.5. The van der Waals surface area contributed by atoms with E-state index in [1.807, 2.05) is 24.3 Å². The number of ketones is 1. The van der Waals surface area contributed by atoms with Gasteiger partial charge in [-0.15, -0.1) is 0 Å². The Morgan fingerprint density at radius 3 is 2.84 bits per heavy atom. The topological polar surface area (TPSA) is 66.5 Å². The Kier molecular flexibility index (Phi) is 4.75. The molecule has 1 spiro atoms. The van der Waals surface area contributed by atoms with Gasteiger partial charge in [-0.1, -0.05) is 24.3 Å². The lowest BCUT2D eigenvalue weighted by atomic mass is 9.61. The highest BCUT2D eigenvalue weighted by Gasteiger charge is 2.68. The van der Waals surface area contributed by atoms with E-state index in [9.17, 15) is 14.4 Å². The van der Waals surface area contributed by atoms with Crippen LogP contribution in [0.4, 0.5) is 11.4 Å². The third kappa shape index (κ3) is 2.88. The van der Waals surface area contributed by atoms with Crippen molar-refractivity contribution in [1.82, 2.24) is 0 Å². The Morgan fingerprint density at radius 2 is 2.05 bits per heavy atom. The Labute approximate surface area is 217 Å². The predicted molar refractivity (Wildman–Crippen MR) is 142 cm³/mol. The van der Waals surface area contributed by atoms with Gasteiger partial charge in [0.15, 0.2) is 0 Å². The van der Waals surface area contributed by atoms with Crippen LogP contribution in [0, 0.1) is 5.92 Å². The minimum atomic E-state index is -0.233. The summed E-state index contributed by atoms with van der Waals surface area (Å²) >= 11 is 0. The second-order valence-corrected chi connectivity index (χ2v) is 11.5. The van der Waals surface area contributed by atoms with Crippen molar-refractivity contribution in [3.05, 3.63) is 82.1 Å². The standard InChI is InChI=1S/C31H31N3O3/c1-3-20-16-34(17-28(37)22-8-9-27-21(14-22)10-12-33(27)19(2)36)13-11-31-25-6-4-5-7-26(25)32-30(31)24(18-35)23(20)15-29(31)34/h3-9,14,18,23,29H,10-13,15-17H2,1-2H3/p+1/b20-3-/t23-,29-,31+,34?/m0/s1. The number of nitrogens with zero attached hydrogens (tertiary/aromatic N) is 2. The number of piperidine rings is 1. The summed E-state index contributed by atoms with van der Waals surface area (Å²) in [6.07, 6.45) is 5.88. The maximum atomic E-state index is 13.9. The van der Waals surface area contributed by atoms with E-state index in [0.29, 0.717) is 13.1 Å². The Morgan fingerprint density at radius 1 is 1.22 bits per heavy atom. The van der Waals surface area contributed by atoms with Crippen LogP contribution >= 0.6 is 0 Å². The molecule has 4 aliphatic heterocycles. The number of aldehydes is 1. The van der Waals surface area contributed by atoms with Gasteiger partial charge >= 0.3 is 0 Å². The van der Waals surface area contributed by atoms with Crippen molar-refractivity contribution in [2.24, 2.45) is 5.92 Å². The van der Waals surface area contributed by atoms with E-state index in [1.165, 1.54) is 11.1 Å². The molecule has 2 aromatic carbocycles. The molecule has 4 heterocycles. The first kappa shape index (κ1) is 22.7. The molecule has 0 aromatic heterocycles. The number of fused-ring (bicyclic) bond motifs is 3. The van der Waals surface area contributed by atoms with E-state index >= 15 is 0 Å². The highest BCUT2D eigenvalue weighted by Crippen LogP contribution is 2.63. The molecule has 2 aromatic rings. The van der Waals surface area contributed by atoms with Gasteiger partial charge in [-0.05, 0) is 54.3 Å². The summed E-state index contributed by atoms with van der Waals surface area (Å²) in [6.45, 7) is 6.52. The molecule has 1 amide bonds. The molecule has 2 fully saturated rings. The molecule has 1 aliphatic carbocycles. The molecule has 0 saturated carbocycles. The van der Waals surface area contributed by atoms with Gasteiger partial charge in [0.05, 0.1) is 12.0 Å². The van der Waals surface area contributed by atoms with Gasteiger partial charge < -0.3 is 14.7 Å². The molecule has 0 radical (unpaired) electrons. The van der Waals surface area contributed by atoms with Crippen LogP contribution in [0.25, 0.3) is 0 Å². The van der Waals surface area contributed by atoms with Crippen molar-refractivity contribution in [2.45, 2.75) is 44.6 Å². The van der Waals surface area contributed by atoms with Crippen LogP contribution in [0.5, 0.6) is 0 Å². The van der Waals surface area contributed by atoms with Gasteiger partial charge in [-0.25, -0.2) is 0 Å². The molecule has 37 heavy (non-hydrogen) atoms. The molecule has 7 rings (SSSR count).